The van der Waals surface area contributed by atoms with Gasteiger partial charge in [-0.3, -0.25) is 19.3 Å². The van der Waals surface area contributed by atoms with Crippen LogP contribution in [-0.2, 0) is 19.2 Å². The molecule has 1 aliphatic heterocycles. The minimum absolute atomic E-state index is 0.0344. The number of aromatic nitrogens is 1. The molecular formula is C35H34N4O7. The van der Waals surface area contributed by atoms with Crippen molar-refractivity contribution in [2.75, 3.05) is 26.3 Å². The Kier molecular flexibility index (Phi) is 9.70. The first-order valence-electron chi connectivity index (χ1n) is 15.1. The fourth-order valence-corrected chi connectivity index (χ4v) is 5.83. The molecule has 0 unspecified atom stereocenters. The number of carboxylic acids is 1. The van der Waals surface area contributed by atoms with Crippen LogP contribution in [0.1, 0.15) is 60.2 Å². The third-order valence-corrected chi connectivity index (χ3v) is 8.33. The van der Waals surface area contributed by atoms with Crippen LogP contribution in [0.15, 0.2) is 71.9 Å². The first kappa shape index (κ1) is 32.2. The highest BCUT2D eigenvalue weighted by atomic mass is 16.7. The second kappa shape index (κ2) is 13.9. The molecule has 0 atom stereocenters. The van der Waals surface area contributed by atoms with E-state index in [9.17, 15) is 19.2 Å². The normalized spacial score (nSPS) is 14.2. The van der Waals surface area contributed by atoms with Crippen molar-refractivity contribution >= 4 is 51.0 Å². The average molecular weight is 623 g/mol. The molecule has 4 aromatic rings. The van der Waals surface area contributed by atoms with Crippen LogP contribution in [0, 0.1) is 11.3 Å². The third-order valence-electron chi connectivity index (χ3n) is 8.33. The number of rotatable bonds is 12. The summed E-state index contributed by atoms with van der Waals surface area (Å²) in [5.41, 5.74) is 2.73. The number of ether oxygens (including phenoxy) is 1. The molecule has 11 nitrogen and oxygen atoms in total. The van der Waals surface area contributed by atoms with E-state index in [1.165, 1.54) is 6.07 Å². The highest BCUT2D eigenvalue weighted by Crippen LogP contribution is 2.33. The monoisotopic (exact) mass is 622 g/mol. The van der Waals surface area contributed by atoms with E-state index in [1.807, 2.05) is 68.4 Å². The van der Waals surface area contributed by atoms with Gasteiger partial charge in [0.15, 0.2) is 11.9 Å². The van der Waals surface area contributed by atoms with E-state index in [0.717, 1.165) is 27.5 Å². The number of unbranched alkanes of at least 4 members (excludes halogenated alkanes) is 1. The minimum atomic E-state index is -1.26. The lowest BCUT2D eigenvalue weighted by atomic mass is 9.90. The number of fused-ring (bicyclic) bond motifs is 3. The SMILES string of the molecule is CC(C)(C(=O)c1ccc(-n2c3ccccc3c3cc(C(=O)/C(CCCCC(=O)O)=N/OC(=O)C#N)ccc32)cc1)N1CCOCC1. The van der Waals surface area contributed by atoms with Crippen molar-refractivity contribution in [1.82, 2.24) is 9.47 Å². The number of carboxylic acid groups (broad SMARTS) is 1. The Morgan fingerprint density at radius 2 is 1.57 bits per heavy atom. The molecule has 1 N–H and O–H groups in total. The summed E-state index contributed by atoms with van der Waals surface area (Å²) >= 11 is 0. The molecule has 0 amide bonds. The number of morpholine rings is 1. The van der Waals surface area contributed by atoms with Crippen molar-refractivity contribution in [3.63, 3.8) is 0 Å². The van der Waals surface area contributed by atoms with Crippen molar-refractivity contribution in [1.29, 1.82) is 5.26 Å². The molecule has 3 aromatic carbocycles. The Morgan fingerprint density at radius 3 is 2.26 bits per heavy atom. The fraction of sp³-hybridized carbons (Fsp3) is 0.314. The molecule has 236 valence electrons. The minimum Gasteiger partial charge on any atom is -0.481 e. The molecule has 1 saturated heterocycles. The molecule has 2 heterocycles. The first-order valence-corrected chi connectivity index (χ1v) is 15.1. The molecule has 0 bridgehead atoms. The van der Waals surface area contributed by atoms with E-state index in [1.54, 1.807) is 12.1 Å². The highest BCUT2D eigenvalue weighted by Gasteiger charge is 2.36. The van der Waals surface area contributed by atoms with E-state index in [4.69, 9.17) is 15.1 Å². The average Bonchev–Trinajstić information content (AvgIpc) is 3.41. The Balaban J connectivity index is 1.48. The quantitative estimate of drug-likeness (QED) is 0.0552. The number of aliphatic carboxylic acids is 1. The van der Waals surface area contributed by atoms with Crippen molar-refractivity contribution in [3.8, 4) is 11.8 Å². The van der Waals surface area contributed by atoms with Gasteiger partial charge in [-0.05, 0) is 81.6 Å². The lowest BCUT2D eigenvalue weighted by Gasteiger charge is -2.39. The van der Waals surface area contributed by atoms with Crippen molar-refractivity contribution < 1.29 is 33.9 Å². The lowest BCUT2D eigenvalue weighted by molar-refractivity contribution is -0.137. The predicted octanol–water partition coefficient (Wildman–Crippen LogP) is 5.33. The van der Waals surface area contributed by atoms with Gasteiger partial charge in [0.2, 0.25) is 5.78 Å². The first-order chi connectivity index (χ1) is 22.1. The molecule has 5 rings (SSSR count). The zero-order chi connectivity index (χ0) is 32.8. The number of benzene rings is 3. The van der Waals surface area contributed by atoms with Gasteiger partial charge in [-0.15, -0.1) is 0 Å². The van der Waals surface area contributed by atoms with E-state index < -0.39 is 23.3 Å². The molecule has 1 aliphatic rings. The summed E-state index contributed by atoms with van der Waals surface area (Å²) in [7, 11) is 0. The molecule has 0 radical (unpaired) electrons. The highest BCUT2D eigenvalue weighted by molar-refractivity contribution is 6.46. The van der Waals surface area contributed by atoms with Gasteiger partial charge in [0, 0.05) is 47.1 Å². The van der Waals surface area contributed by atoms with Gasteiger partial charge in [0.1, 0.15) is 5.71 Å². The van der Waals surface area contributed by atoms with Crippen LogP contribution in [0.5, 0.6) is 0 Å². The van der Waals surface area contributed by atoms with Crippen LogP contribution in [0.3, 0.4) is 0 Å². The number of para-hydroxylation sites is 1. The van der Waals surface area contributed by atoms with Crippen LogP contribution in [0.25, 0.3) is 27.5 Å². The van der Waals surface area contributed by atoms with Crippen LogP contribution in [0.4, 0.5) is 0 Å². The van der Waals surface area contributed by atoms with E-state index in [0.29, 0.717) is 50.3 Å². The van der Waals surface area contributed by atoms with Gasteiger partial charge in [-0.1, -0.05) is 23.4 Å². The van der Waals surface area contributed by atoms with E-state index in [-0.39, 0.29) is 24.3 Å². The Morgan fingerprint density at radius 1 is 0.913 bits per heavy atom. The van der Waals surface area contributed by atoms with Gasteiger partial charge in [-0.25, -0.2) is 4.79 Å². The van der Waals surface area contributed by atoms with Crippen LogP contribution < -0.4 is 0 Å². The van der Waals surface area contributed by atoms with Gasteiger partial charge < -0.3 is 19.2 Å². The summed E-state index contributed by atoms with van der Waals surface area (Å²) in [5.74, 6) is -2.68. The van der Waals surface area contributed by atoms with Gasteiger partial charge in [0.05, 0.1) is 29.8 Å². The number of hydrogen-bond acceptors (Lipinski definition) is 9. The standard InChI is InChI=1S/C35H34N4O7/c1-35(2,38-17-19-45-20-18-38)34(44)23-11-14-25(15-12-23)39-29-9-5-3-7-26(29)27-21-24(13-16-30(27)39)33(43)28(37-46-32(42)22-36)8-4-6-10-31(40)41/h3,5,7,9,11-16,21H,4,6,8,10,17-20H2,1-2H3,(H,40,41)/b37-28+. The summed E-state index contributed by atoms with van der Waals surface area (Å²) in [5, 5.41) is 23.1. The van der Waals surface area contributed by atoms with Crippen LogP contribution >= 0.6 is 0 Å². The number of ketones is 2. The smallest absolute Gasteiger partial charge is 0.436 e. The second-order valence-corrected chi connectivity index (χ2v) is 11.6. The predicted molar refractivity (Wildman–Crippen MR) is 171 cm³/mol. The molecule has 0 spiro atoms. The van der Waals surface area contributed by atoms with Crippen LogP contribution in [0.2, 0.25) is 0 Å². The van der Waals surface area contributed by atoms with Gasteiger partial charge in [0.25, 0.3) is 0 Å². The number of nitriles is 1. The zero-order valence-electron chi connectivity index (χ0n) is 25.7. The maximum absolute atomic E-state index is 13.6. The van der Waals surface area contributed by atoms with E-state index in [2.05, 4.69) is 19.5 Å². The summed E-state index contributed by atoms with van der Waals surface area (Å²) in [4.78, 5) is 56.2. The van der Waals surface area contributed by atoms with Crippen molar-refractivity contribution in [2.24, 2.45) is 5.16 Å². The number of carbonyl (C=O) groups is 4. The van der Waals surface area contributed by atoms with Crippen molar-refractivity contribution in [3.05, 3.63) is 77.9 Å². The van der Waals surface area contributed by atoms with Crippen LogP contribution in [-0.4, -0.2) is 75.6 Å². The molecule has 0 saturated carbocycles. The topological polar surface area (TPSA) is 151 Å². The van der Waals surface area contributed by atoms with E-state index >= 15 is 0 Å². The van der Waals surface area contributed by atoms with Crippen molar-refractivity contribution in [2.45, 2.75) is 45.1 Å². The number of hydrogen-bond donors (Lipinski definition) is 1. The lowest BCUT2D eigenvalue weighted by Crippen LogP contribution is -2.54. The summed E-state index contributed by atoms with van der Waals surface area (Å²) < 4.78 is 7.53. The largest absolute Gasteiger partial charge is 0.481 e. The maximum Gasteiger partial charge on any atom is 0.436 e. The number of Topliss-reactive ketones (excluding diaryl/α,β-unsaturated/α-hetero) is 2. The molecule has 11 heteroatoms. The Bertz CT molecular complexity index is 1880. The summed E-state index contributed by atoms with van der Waals surface area (Å²) in [6.45, 7) is 6.50. The van der Waals surface area contributed by atoms with Gasteiger partial charge in [-0.2, -0.15) is 5.26 Å². The third kappa shape index (κ3) is 6.73. The maximum atomic E-state index is 13.6. The number of carbonyl (C=O) groups excluding carboxylic acids is 3. The molecule has 0 aliphatic carbocycles. The number of oxime groups is 1. The Hall–Kier alpha value is -5.18. The summed E-state index contributed by atoms with van der Waals surface area (Å²) in [6, 6.07) is 21.8. The number of nitrogens with zero attached hydrogens (tertiary/aromatic N) is 4. The fourth-order valence-electron chi connectivity index (χ4n) is 5.83. The molecule has 1 aromatic heterocycles. The second-order valence-electron chi connectivity index (χ2n) is 11.6. The van der Waals surface area contributed by atoms with Gasteiger partial charge >= 0.3 is 11.9 Å². The molecule has 46 heavy (non-hydrogen) atoms. The molecular weight excluding hydrogens is 588 g/mol. The Labute approximate surface area is 265 Å². The summed E-state index contributed by atoms with van der Waals surface area (Å²) in [6.07, 6.45) is 0.615. The molecule has 1 fully saturated rings. The zero-order valence-corrected chi connectivity index (χ0v) is 25.7.